The predicted molar refractivity (Wildman–Crippen MR) is 96.1 cm³/mol. The lowest BCUT2D eigenvalue weighted by Crippen LogP contribution is -2.48. The van der Waals surface area contributed by atoms with Gasteiger partial charge in [0.1, 0.15) is 0 Å². The van der Waals surface area contributed by atoms with Crippen molar-refractivity contribution in [3.8, 4) is 0 Å². The average molecular weight is 335 g/mol. The first-order valence-corrected chi connectivity index (χ1v) is 8.75. The van der Waals surface area contributed by atoms with Crippen LogP contribution in [0.15, 0.2) is 42.7 Å². The topological polar surface area (TPSA) is 62.2 Å². The third-order valence-electron chi connectivity index (χ3n) is 4.68. The van der Waals surface area contributed by atoms with E-state index in [0.717, 1.165) is 30.2 Å². The first-order chi connectivity index (χ1) is 12.3. The molecule has 4 rings (SSSR count). The first-order valence-electron chi connectivity index (χ1n) is 8.75. The third-order valence-corrected chi connectivity index (χ3v) is 4.68. The van der Waals surface area contributed by atoms with E-state index in [1.54, 1.807) is 18.5 Å². The molecule has 1 saturated carbocycles. The molecule has 2 aliphatic rings. The normalized spacial score (nSPS) is 17.9. The van der Waals surface area contributed by atoms with Crippen LogP contribution >= 0.6 is 0 Å². The van der Waals surface area contributed by atoms with Crippen molar-refractivity contribution >= 4 is 17.8 Å². The van der Waals surface area contributed by atoms with E-state index in [-0.39, 0.29) is 5.91 Å². The minimum absolute atomic E-state index is 0.0404. The number of hydrogen-bond acceptors (Lipinski definition) is 5. The van der Waals surface area contributed by atoms with Gasteiger partial charge in [-0.3, -0.25) is 9.78 Å². The summed E-state index contributed by atoms with van der Waals surface area (Å²) in [5, 5.41) is 8.70. The van der Waals surface area contributed by atoms with Crippen molar-refractivity contribution < 1.29 is 4.79 Å². The van der Waals surface area contributed by atoms with Gasteiger partial charge in [-0.15, -0.1) is 5.10 Å². The maximum Gasteiger partial charge on any atom is 0.246 e. The van der Waals surface area contributed by atoms with Crippen LogP contribution in [0.5, 0.6) is 0 Å². The average Bonchev–Trinajstić information content (AvgIpc) is 3.53. The molecule has 25 heavy (non-hydrogen) atoms. The summed E-state index contributed by atoms with van der Waals surface area (Å²) >= 11 is 0. The number of carbonyl (C=O) groups excluding carboxylic acids is 1. The second-order valence-corrected chi connectivity index (χ2v) is 6.52. The minimum atomic E-state index is 0.0404. The van der Waals surface area contributed by atoms with Crippen LogP contribution < -0.4 is 4.90 Å². The lowest BCUT2D eigenvalue weighted by atomic mass is 10.2. The van der Waals surface area contributed by atoms with Crippen LogP contribution in [0.4, 0.5) is 5.82 Å². The largest absolute Gasteiger partial charge is 0.352 e. The Morgan fingerprint density at radius 3 is 2.56 bits per heavy atom. The van der Waals surface area contributed by atoms with E-state index in [0.29, 0.717) is 19.0 Å². The summed E-state index contributed by atoms with van der Waals surface area (Å²) in [4.78, 5) is 20.4. The molecule has 2 aromatic rings. The number of carbonyl (C=O) groups is 1. The van der Waals surface area contributed by atoms with Crippen molar-refractivity contribution in [1.29, 1.82) is 0 Å². The van der Waals surface area contributed by atoms with Crippen molar-refractivity contribution in [2.24, 2.45) is 0 Å². The highest BCUT2D eigenvalue weighted by Gasteiger charge is 2.26. The zero-order valence-electron chi connectivity index (χ0n) is 14.1. The van der Waals surface area contributed by atoms with E-state index in [9.17, 15) is 4.79 Å². The number of aromatic nitrogens is 3. The summed E-state index contributed by atoms with van der Waals surface area (Å²) in [5.41, 5.74) is 2.04. The monoisotopic (exact) mass is 335 g/mol. The molecule has 1 saturated heterocycles. The summed E-state index contributed by atoms with van der Waals surface area (Å²) in [7, 11) is 0. The Hall–Kier alpha value is -2.76. The van der Waals surface area contributed by atoms with Crippen molar-refractivity contribution in [2.75, 3.05) is 31.1 Å². The molecule has 0 radical (unpaired) electrons. The molecule has 3 heterocycles. The highest BCUT2D eigenvalue weighted by molar-refractivity contribution is 5.91. The molecule has 0 bridgehead atoms. The lowest BCUT2D eigenvalue weighted by molar-refractivity contribution is -0.126. The van der Waals surface area contributed by atoms with Crippen LogP contribution in [-0.4, -0.2) is 52.2 Å². The molecule has 0 spiro atoms. The smallest absolute Gasteiger partial charge is 0.246 e. The van der Waals surface area contributed by atoms with Gasteiger partial charge >= 0.3 is 0 Å². The molecule has 1 aliphatic heterocycles. The summed E-state index contributed by atoms with van der Waals surface area (Å²) in [6, 6.07) is 7.94. The molecule has 0 N–H and O–H groups in total. The van der Waals surface area contributed by atoms with Gasteiger partial charge in [0.2, 0.25) is 5.91 Å². The Balaban J connectivity index is 1.31. The molecule has 0 atom stereocenters. The van der Waals surface area contributed by atoms with E-state index in [4.69, 9.17) is 0 Å². The fraction of sp³-hybridized carbons (Fsp3) is 0.368. The minimum Gasteiger partial charge on any atom is -0.352 e. The molecule has 1 aliphatic carbocycles. The maximum atomic E-state index is 12.3. The van der Waals surface area contributed by atoms with Crippen LogP contribution in [0.25, 0.3) is 6.08 Å². The second kappa shape index (κ2) is 7.01. The van der Waals surface area contributed by atoms with Crippen LogP contribution in [0.3, 0.4) is 0 Å². The molecule has 6 nitrogen and oxygen atoms in total. The quantitative estimate of drug-likeness (QED) is 0.801. The second-order valence-electron chi connectivity index (χ2n) is 6.52. The molecule has 6 heteroatoms. The van der Waals surface area contributed by atoms with Gasteiger partial charge in [0.25, 0.3) is 0 Å². The summed E-state index contributed by atoms with van der Waals surface area (Å²) in [6.45, 7) is 2.96. The van der Waals surface area contributed by atoms with Crippen LogP contribution in [-0.2, 0) is 4.79 Å². The van der Waals surface area contributed by atoms with Crippen molar-refractivity contribution in [3.05, 3.63) is 54.0 Å². The predicted octanol–water partition coefficient (Wildman–Crippen LogP) is 2.11. The van der Waals surface area contributed by atoms with Gasteiger partial charge in [0.15, 0.2) is 5.82 Å². The number of rotatable bonds is 4. The molecular formula is C19H21N5O. The van der Waals surface area contributed by atoms with E-state index in [1.165, 1.54) is 12.8 Å². The zero-order valence-corrected chi connectivity index (χ0v) is 14.1. The van der Waals surface area contributed by atoms with Gasteiger partial charge in [0, 0.05) is 50.6 Å². The number of nitrogens with zero attached hydrogens (tertiary/aromatic N) is 5. The highest BCUT2D eigenvalue weighted by atomic mass is 16.2. The van der Waals surface area contributed by atoms with Gasteiger partial charge in [-0.1, -0.05) is 6.07 Å². The molecular weight excluding hydrogens is 314 g/mol. The lowest BCUT2D eigenvalue weighted by Gasteiger charge is -2.34. The number of pyridine rings is 1. The van der Waals surface area contributed by atoms with E-state index in [1.807, 2.05) is 23.1 Å². The van der Waals surface area contributed by atoms with E-state index < -0.39 is 0 Å². The molecule has 0 aromatic carbocycles. The summed E-state index contributed by atoms with van der Waals surface area (Å²) in [6.07, 6.45) is 9.37. The molecule has 128 valence electrons. The summed E-state index contributed by atoms with van der Waals surface area (Å²) in [5.74, 6) is 1.57. The number of amides is 1. The Bertz CT molecular complexity index is 747. The first kappa shape index (κ1) is 15.7. The SMILES string of the molecule is O=C(/C=C/c1cccnc1)N1CCN(c2ccc(C3CC3)nn2)CC1. The zero-order chi connectivity index (χ0) is 17.1. The van der Waals surface area contributed by atoms with Gasteiger partial charge < -0.3 is 9.80 Å². The Kier molecular flexibility index (Phi) is 4.41. The van der Waals surface area contributed by atoms with Gasteiger partial charge in [-0.2, -0.15) is 5.10 Å². The van der Waals surface area contributed by atoms with Gasteiger partial charge in [-0.05, 0) is 42.7 Å². The van der Waals surface area contributed by atoms with Crippen molar-refractivity contribution in [2.45, 2.75) is 18.8 Å². The highest BCUT2D eigenvalue weighted by Crippen LogP contribution is 2.38. The van der Waals surface area contributed by atoms with E-state index in [2.05, 4.69) is 32.2 Å². The Labute approximate surface area is 147 Å². The number of anilines is 1. The fourth-order valence-corrected chi connectivity index (χ4v) is 3.00. The van der Waals surface area contributed by atoms with Crippen molar-refractivity contribution in [1.82, 2.24) is 20.1 Å². The maximum absolute atomic E-state index is 12.3. The molecule has 1 amide bonds. The number of piperazine rings is 1. The van der Waals surface area contributed by atoms with Crippen LogP contribution in [0, 0.1) is 0 Å². The van der Waals surface area contributed by atoms with Crippen molar-refractivity contribution in [3.63, 3.8) is 0 Å². The molecule has 0 unspecified atom stereocenters. The standard InChI is InChI=1S/C19H21N5O/c25-19(8-3-15-2-1-9-20-14-15)24-12-10-23(11-13-24)18-7-6-17(21-22-18)16-4-5-16/h1-3,6-9,14,16H,4-5,10-13H2/b8-3+. The summed E-state index contributed by atoms with van der Waals surface area (Å²) < 4.78 is 0. The van der Waals surface area contributed by atoms with Gasteiger partial charge in [0.05, 0.1) is 5.69 Å². The molecule has 2 aromatic heterocycles. The number of hydrogen-bond donors (Lipinski definition) is 0. The third kappa shape index (κ3) is 3.84. The Morgan fingerprint density at radius 2 is 1.92 bits per heavy atom. The van der Waals surface area contributed by atoms with Gasteiger partial charge in [-0.25, -0.2) is 0 Å². The Morgan fingerprint density at radius 1 is 1.08 bits per heavy atom. The van der Waals surface area contributed by atoms with E-state index >= 15 is 0 Å². The molecule has 2 fully saturated rings. The fourth-order valence-electron chi connectivity index (χ4n) is 3.00. The van der Waals surface area contributed by atoms with Crippen LogP contribution in [0.1, 0.15) is 30.0 Å². The van der Waals surface area contributed by atoms with Crippen LogP contribution in [0.2, 0.25) is 0 Å².